The molecular formula is C18H26N4O2S. The Morgan fingerprint density at radius 3 is 2.52 bits per heavy atom. The lowest BCUT2D eigenvalue weighted by Gasteiger charge is -2.16. The van der Waals surface area contributed by atoms with E-state index in [0.717, 1.165) is 41.7 Å². The standard InChI is InChI=1S/C18H26N4O2S/c1-6-7-12-22-16(14-8-10-15(24-5)11-9-14)19-20-18(22)25-13(2)17(23)21(3)4/h8-11,13H,6-7,12H2,1-5H3. The Balaban J connectivity index is 2.31. The minimum atomic E-state index is -0.205. The van der Waals surface area contributed by atoms with Crippen LogP contribution >= 0.6 is 11.8 Å². The molecule has 0 fully saturated rings. The normalized spacial score (nSPS) is 12.0. The summed E-state index contributed by atoms with van der Waals surface area (Å²) in [5.74, 6) is 1.70. The summed E-state index contributed by atoms with van der Waals surface area (Å²) in [5.41, 5.74) is 0.989. The fourth-order valence-electron chi connectivity index (χ4n) is 2.42. The molecule has 0 saturated heterocycles. The van der Waals surface area contributed by atoms with E-state index in [9.17, 15) is 4.79 Å². The lowest BCUT2D eigenvalue weighted by Crippen LogP contribution is -2.29. The summed E-state index contributed by atoms with van der Waals surface area (Å²) in [6.07, 6.45) is 2.11. The first-order valence-electron chi connectivity index (χ1n) is 8.43. The number of nitrogens with zero attached hydrogens (tertiary/aromatic N) is 4. The van der Waals surface area contributed by atoms with Gasteiger partial charge in [0, 0.05) is 26.2 Å². The SMILES string of the molecule is CCCCn1c(SC(C)C(=O)N(C)C)nnc1-c1ccc(OC)cc1. The number of ether oxygens (including phenoxy) is 1. The molecular weight excluding hydrogens is 336 g/mol. The summed E-state index contributed by atoms with van der Waals surface area (Å²) in [6, 6.07) is 7.79. The van der Waals surface area contributed by atoms with Crippen molar-refractivity contribution < 1.29 is 9.53 Å². The van der Waals surface area contributed by atoms with Gasteiger partial charge in [-0.15, -0.1) is 10.2 Å². The molecule has 2 rings (SSSR count). The fourth-order valence-corrected chi connectivity index (χ4v) is 3.44. The van der Waals surface area contributed by atoms with Crippen molar-refractivity contribution in [3.63, 3.8) is 0 Å². The molecule has 2 aromatic rings. The van der Waals surface area contributed by atoms with Gasteiger partial charge in [0.05, 0.1) is 12.4 Å². The fraction of sp³-hybridized carbons (Fsp3) is 0.500. The van der Waals surface area contributed by atoms with Gasteiger partial charge in [-0.25, -0.2) is 0 Å². The number of unbranched alkanes of at least 4 members (excludes halogenated alkanes) is 1. The summed E-state index contributed by atoms with van der Waals surface area (Å²) < 4.78 is 7.32. The molecule has 0 radical (unpaired) electrons. The molecule has 0 aliphatic heterocycles. The number of amides is 1. The molecule has 1 aromatic heterocycles. The molecule has 25 heavy (non-hydrogen) atoms. The van der Waals surface area contributed by atoms with Gasteiger partial charge in [-0.3, -0.25) is 4.79 Å². The number of benzene rings is 1. The van der Waals surface area contributed by atoms with E-state index >= 15 is 0 Å². The quantitative estimate of drug-likeness (QED) is 0.674. The van der Waals surface area contributed by atoms with Gasteiger partial charge in [0.2, 0.25) is 5.91 Å². The van der Waals surface area contributed by atoms with E-state index in [2.05, 4.69) is 21.7 Å². The van der Waals surface area contributed by atoms with Gasteiger partial charge in [-0.1, -0.05) is 25.1 Å². The van der Waals surface area contributed by atoms with Gasteiger partial charge in [0.1, 0.15) is 5.75 Å². The number of hydrogen-bond donors (Lipinski definition) is 0. The number of rotatable bonds is 8. The second kappa shape index (κ2) is 8.89. The number of carbonyl (C=O) groups excluding carboxylic acids is 1. The van der Waals surface area contributed by atoms with Crippen molar-refractivity contribution >= 4 is 17.7 Å². The molecule has 1 amide bonds. The largest absolute Gasteiger partial charge is 0.497 e. The number of methoxy groups -OCH3 is 1. The molecule has 136 valence electrons. The molecule has 1 unspecified atom stereocenters. The van der Waals surface area contributed by atoms with Crippen LogP contribution in [0.25, 0.3) is 11.4 Å². The Morgan fingerprint density at radius 2 is 1.96 bits per heavy atom. The first kappa shape index (κ1) is 19.3. The third-order valence-corrected chi connectivity index (χ3v) is 4.94. The summed E-state index contributed by atoms with van der Waals surface area (Å²) in [5, 5.41) is 9.30. The molecule has 0 aliphatic carbocycles. The molecule has 0 spiro atoms. The van der Waals surface area contributed by atoms with E-state index in [0.29, 0.717) is 0 Å². The summed E-state index contributed by atoms with van der Waals surface area (Å²) in [4.78, 5) is 13.8. The van der Waals surface area contributed by atoms with Crippen LogP contribution in [0.2, 0.25) is 0 Å². The molecule has 1 atom stereocenters. The first-order chi connectivity index (χ1) is 12.0. The average molecular weight is 362 g/mol. The minimum Gasteiger partial charge on any atom is -0.497 e. The first-order valence-corrected chi connectivity index (χ1v) is 9.31. The third kappa shape index (κ3) is 4.75. The summed E-state index contributed by atoms with van der Waals surface area (Å²) in [6.45, 7) is 4.89. The minimum absolute atomic E-state index is 0.0704. The van der Waals surface area contributed by atoms with Crippen molar-refractivity contribution in [3.05, 3.63) is 24.3 Å². The van der Waals surface area contributed by atoms with Gasteiger partial charge in [-0.05, 0) is 37.6 Å². The monoisotopic (exact) mass is 362 g/mol. The number of hydrogen-bond acceptors (Lipinski definition) is 5. The van der Waals surface area contributed by atoms with Crippen molar-refractivity contribution in [3.8, 4) is 17.1 Å². The Morgan fingerprint density at radius 1 is 1.28 bits per heavy atom. The molecule has 7 heteroatoms. The predicted octanol–water partition coefficient (Wildman–Crippen LogP) is 3.32. The highest BCUT2D eigenvalue weighted by Gasteiger charge is 2.21. The Labute approximate surface area is 153 Å². The maximum Gasteiger partial charge on any atom is 0.235 e. The van der Waals surface area contributed by atoms with Crippen LogP contribution in [0.15, 0.2) is 29.4 Å². The van der Waals surface area contributed by atoms with Gasteiger partial charge in [-0.2, -0.15) is 0 Å². The van der Waals surface area contributed by atoms with Crippen molar-refractivity contribution in [1.82, 2.24) is 19.7 Å². The molecule has 0 N–H and O–H groups in total. The van der Waals surface area contributed by atoms with Gasteiger partial charge < -0.3 is 14.2 Å². The van der Waals surface area contributed by atoms with Crippen LogP contribution in [-0.4, -0.2) is 52.0 Å². The molecule has 6 nitrogen and oxygen atoms in total. The topological polar surface area (TPSA) is 60.2 Å². The predicted molar refractivity (Wildman–Crippen MR) is 101 cm³/mol. The van der Waals surface area contributed by atoms with Crippen LogP contribution in [-0.2, 0) is 11.3 Å². The molecule has 0 aliphatic rings. The molecule has 0 saturated carbocycles. The van der Waals surface area contributed by atoms with Crippen molar-refractivity contribution in [1.29, 1.82) is 0 Å². The molecule has 1 aromatic carbocycles. The van der Waals surface area contributed by atoms with Crippen LogP contribution in [0.1, 0.15) is 26.7 Å². The highest BCUT2D eigenvalue weighted by Crippen LogP contribution is 2.28. The van der Waals surface area contributed by atoms with Crippen LogP contribution < -0.4 is 4.74 Å². The smallest absolute Gasteiger partial charge is 0.235 e. The number of aromatic nitrogens is 3. The van der Waals surface area contributed by atoms with E-state index < -0.39 is 0 Å². The highest BCUT2D eigenvalue weighted by molar-refractivity contribution is 8.00. The van der Waals surface area contributed by atoms with Crippen LogP contribution in [0.4, 0.5) is 0 Å². The average Bonchev–Trinajstić information content (AvgIpc) is 3.01. The van der Waals surface area contributed by atoms with Crippen LogP contribution in [0.5, 0.6) is 5.75 Å². The third-order valence-electron chi connectivity index (χ3n) is 3.87. The Kier molecular flexibility index (Phi) is 6.87. The van der Waals surface area contributed by atoms with Gasteiger partial charge in [0.15, 0.2) is 11.0 Å². The van der Waals surface area contributed by atoms with Gasteiger partial charge >= 0.3 is 0 Å². The van der Waals surface area contributed by atoms with Crippen molar-refractivity contribution in [2.24, 2.45) is 0 Å². The Hall–Kier alpha value is -2.02. The second-order valence-electron chi connectivity index (χ2n) is 6.03. The molecule has 1 heterocycles. The van der Waals surface area contributed by atoms with Crippen molar-refractivity contribution in [2.45, 2.75) is 43.6 Å². The van der Waals surface area contributed by atoms with Crippen LogP contribution in [0.3, 0.4) is 0 Å². The second-order valence-corrected chi connectivity index (χ2v) is 7.34. The van der Waals surface area contributed by atoms with Gasteiger partial charge in [0.25, 0.3) is 0 Å². The van der Waals surface area contributed by atoms with Crippen molar-refractivity contribution in [2.75, 3.05) is 21.2 Å². The molecule has 0 bridgehead atoms. The Bertz CT molecular complexity index is 698. The maximum absolute atomic E-state index is 12.2. The zero-order chi connectivity index (χ0) is 18.4. The van der Waals surface area contributed by atoms with E-state index in [1.807, 2.05) is 31.2 Å². The van der Waals surface area contributed by atoms with E-state index in [1.165, 1.54) is 11.8 Å². The number of thioether (sulfide) groups is 1. The number of carbonyl (C=O) groups is 1. The lowest BCUT2D eigenvalue weighted by molar-refractivity contribution is -0.127. The van der Waals surface area contributed by atoms with Crippen LogP contribution in [0, 0.1) is 0 Å². The highest BCUT2D eigenvalue weighted by atomic mass is 32.2. The van der Waals surface area contributed by atoms with E-state index in [4.69, 9.17) is 4.74 Å². The van der Waals surface area contributed by atoms with E-state index in [1.54, 1.807) is 26.1 Å². The lowest BCUT2D eigenvalue weighted by atomic mass is 10.2. The zero-order valence-corrected chi connectivity index (χ0v) is 16.3. The van der Waals surface area contributed by atoms with E-state index in [-0.39, 0.29) is 11.2 Å². The maximum atomic E-state index is 12.2. The zero-order valence-electron chi connectivity index (χ0n) is 15.5. The summed E-state index contributed by atoms with van der Waals surface area (Å²) in [7, 11) is 5.19. The summed E-state index contributed by atoms with van der Waals surface area (Å²) >= 11 is 1.45.